The van der Waals surface area contributed by atoms with Gasteiger partial charge >= 0.3 is 0 Å². The highest BCUT2D eigenvalue weighted by atomic mass is 16.2. The first-order valence-electron chi connectivity index (χ1n) is 15.7. The van der Waals surface area contributed by atoms with Crippen LogP contribution in [0.1, 0.15) is 65.5 Å². The van der Waals surface area contributed by atoms with Gasteiger partial charge in [-0.25, -0.2) is 0 Å². The maximum atomic E-state index is 13.8. The minimum Gasteiger partial charge on any atom is -0.347 e. The summed E-state index contributed by atoms with van der Waals surface area (Å²) in [4.78, 5) is 82.0. The zero-order valence-electron chi connectivity index (χ0n) is 27.4. The van der Waals surface area contributed by atoms with Gasteiger partial charge in [-0.3, -0.25) is 28.8 Å². The summed E-state index contributed by atoms with van der Waals surface area (Å²) in [5.74, 6) is -3.40. The SMILES string of the molecule is CN(C)C(=O)[C@@H](NC(=O)CNC(=O)C(=O)C(CC1CC1)NC(=O)C1C2[C@H](CN1C(=O)C(N)C(C)(C)C)C2(C)C)c1ccccc1. The first-order valence-corrected chi connectivity index (χ1v) is 15.7. The lowest BCUT2D eigenvalue weighted by molar-refractivity contribution is -0.145. The van der Waals surface area contributed by atoms with Crippen molar-refractivity contribution in [3.8, 4) is 0 Å². The number of Topliss-reactive ketones (excluding diaryl/α,β-unsaturated/α-hetero) is 1. The number of amides is 5. The van der Waals surface area contributed by atoms with Gasteiger partial charge in [0.05, 0.1) is 18.6 Å². The van der Waals surface area contributed by atoms with Crippen molar-refractivity contribution in [1.82, 2.24) is 25.8 Å². The molecule has 3 fully saturated rings. The van der Waals surface area contributed by atoms with Crippen LogP contribution in [0.15, 0.2) is 30.3 Å². The van der Waals surface area contributed by atoms with Gasteiger partial charge in [0.1, 0.15) is 12.1 Å². The Balaban J connectivity index is 1.42. The first-order chi connectivity index (χ1) is 20.9. The van der Waals surface area contributed by atoms with E-state index in [1.54, 1.807) is 49.3 Å². The summed E-state index contributed by atoms with van der Waals surface area (Å²) in [6.07, 6.45) is 2.06. The molecule has 0 radical (unpaired) electrons. The molecule has 246 valence electrons. The van der Waals surface area contributed by atoms with Crippen molar-refractivity contribution in [2.24, 2.45) is 34.3 Å². The van der Waals surface area contributed by atoms with Gasteiger partial charge in [-0.1, -0.05) is 77.8 Å². The number of likely N-dealkylation sites (tertiary alicyclic amines) is 1. The van der Waals surface area contributed by atoms with Gasteiger partial charge in [-0.05, 0) is 40.6 Å². The number of carbonyl (C=O) groups excluding carboxylic acids is 6. The molecular weight excluding hydrogens is 576 g/mol. The Morgan fingerprint density at radius 1 is 1.02 bits per heavy atom. The van der Waals surface area contributed by atoms with E-state index in [-0.39, 0.29) is 41.4 Å². The summed E-state index contributed by atoms with van der Waals surface area (Å²) in [5, 5.41) is 7.79. The molecule has 0 aromatic heterocycles. The van der Waals surface area contributed by atoms with Crippen LogP contribution in [0, 0.1) is 28.6 Å². The van der Waals surface area contributed by atoms with Crippen molar-refractivity contribution < 1.29 is 28.8 Å². The number of nitrogens with one attached hydrogen (secondary N) is 3. The second kappa shape index (κ2) is 12.9. The first kappa shape index (κ1) is 34.1. The van der Waals surface area contributed by atoms with Gasteiger partial charge in [-0.2, -0.15) is 0 Å². The minimum absolute atomic E-state index is 0.0785. The number of hydrogen-bond acceptors (Lipinski definition) is 7. The Hall–Kier alpha value is -3.80. The summed E-state index contributed by atoms with van der Waals surface area (Å²) < 4.78 is 0. The maximum Gasteiger partial charge on any atom is 0.290 e. The molecule has 45 heavy (non-hydrogen) atoms. The van der Waals surface area contributed by atoms with Crippen LogP contribution in [0.5, 0.6) is 0 Å². The number of benzene rings is 1. The number of nitrogens with two attached hydrogens (primary N) is 1. The van der Waals surface area contributed by atoms with Gasteiger partial charge in [0.25, 0.3) is 5.91 Å². The molecule has 4 unspecified atom stereocenters. The molecule has 6 atom stereocenters. The summed E-state index contributed by atoms with van der Waals surface area (Å²) in [6, 6.07) is 5.03. The van der Waals surface area contributed by atoms with Gasteiger partial charge in [0.2, 0.25) is 29.4 Å². The normalized spacial score (nSPS) is 23.6. The zero-order valence-corrected chi connectivity index (χ0v) is 27.4. The molecule has 2 aliphatic carbocycles. The van der Waals surface area contributed by atoms with Crippen LogP contribution in [-0.4, -0.2) is 90.4 Å². The largest absolute Gasteiger partial charge is 0.347 e. The van der Waals surface area contributed by atoms with E-state index in [9.17, 15) is 28.8 Å². The van der Waals surface area contributed by atoms with Gasteiger partial charge in [-0.15, -0.1) is 0 Å². The Morgan fingerprint density at radius 3 is 2.20 bits per heavy atom. The summed E-state index contributed by atoms with van der Waals surface area (Å²) in [5.41, 5.74) is 6.22. The molecule has 0 bridgehead atoms. The Kier molecular flexibility index (Phi) is 9.77. The third-order valence-electron chi connectivity index (χ3n) is 9.62. The van der Waals surface area contributed by atoms with Crippen molar-refractivity contribution in [3.05, 3.63) is 35.9 Å². The molecule has 12 heteroatoms. The molecule has 1 saturated heterocycles. The van der Waals surface area contributed by atoms with E-state index < -0.39 is 59.6 Å². The van der Waals surface area contributed by atoms with E-state index >= 15 is 0 Å². The van der Waals surface area contributed by atoms with Crippen LogP contribution in [0.4, 0.5) is 0 Å². The fraction of sp³-hybridized carbons (Fsp3) is 0.636. The van der Waals surface area contributed by atoms with Crippen molar-refractivity contribution in [3.63, 3.8) is 0 Å². The van der Waals surface area contributed by atoms with Crippen molar-refractivity contribution in [2.75, 3.05) is 27.2 Å². The van der Waals surface area contributed by atoms with E-state index in [1.165, 1.54) is 4.90 Å². The quantitative estimate of drug-likeness (QED) is 0.249. The molecule has 12 nitrogen and oxygen atoms in total. The minimum atomic E-state index is -1.10. The average molecular weight is 625 g/mol. The topological polar surface area (TPSA) is 171 Å². The highest BCUT2D eigenvalue weighted by Gasteiger charge is 2.69. The van der Waals surface area contributed by atoms with E-state index in [0.29, 0.717) is 12.1 Å². The van der Waals surface area contributed by atoms with Gasteiger partial charge in [0.15, 0.2) is 0 Å². The van der Waals surface area contributed by atoms with Crippen LogP contribution in [0.3, 0.4) is 0 Å². The van der Waals surface area contributed by atoms with E-state index in [2.05, 4.69) is 29.8 Å². The predicted molar refractivity (Wildman–Crippen MR) is 167 cm³/mol. The molecule has 1 heterocycles. The molecule has 4 rings (SSSR count). The van der Waals surface area contributed by atoms with Crippen molar-refractivity contribution >= 4 is 35.3 Å². The smallest absolute Gasteiger partial charge is 0.290 e. The second-order valence-corrected chi connectivity index (χ2v) is 14.7. The van der Waals surface area contributed by atoms with E-state index in [4.69, 9.17) is 5.73 Å². The average Bonchev–Trinajstić information content (AvgIpc) is 3.84. The lowest BCUT2D eigenvalue weighted by Gasteiger charge is -2.36. The summed E-state index contributed by atoms with van der Waals surface area (Å²) in [6.45, 7) is 9.62. The fourth-order valence-electron chi connectivity index (χ4n) is 6.35. The fourth-order valence-corrected chi connectivity index (χ4v) is 6.35. The third kappa shape index (κ3) is 7.54. The number of likely N-dealkylation sites (N-methyl/N-ethyl adjacent to an activating group) is 1. The Bertz CT molecular complexity index is 1330. The second-order valence-electron chi connectivity index (χ2n) is 14.7. The molecule has 0 spiro atoms. The lowest BCUT2D eigenvalue weighted by Crippen LogP contribution is -2.59. The van der Waals surface area contributed by atoms with E-state index in [0.717, 1.165) is 12.8 Å². The molecule has 3 aliphatic rings. The van der Waals surface area contributed by atoms with E-state index in [1.807, 2.05) is 20.8 Å². The number of fused-ring (bicyclic) bond motifs is 1. The van der Waals surface area contributed by atoms with Crippen LogP contribution in [0.25, 0.3) is 0 Å². The van der Waals surface area contributed by atoms with Crippen LogP contribution in [-0.2, 0) is 28.8 Å². The highest BCUT2D eigenvalue weighted by molar-refractivity contribution is 6.38. The van der Waals surface area contributed by atoms with Crippen LogP contribution in [0.2, 0.25) is 0 Å². The van der Waals surface area contributed by atoms with Crippen molar-refractivity contribution in [1.29, 1.82) is 0 Å². The number of nitrogens with zero attached hydrogens (tertiary/aromatic N) is 2. The number of piperidine rings is 1. The number of ketones is 1. The third-order valence-corrected chi connectivity index (χ3v) is 9.62. The molecule has 1 aromatic carbocycles. The highest BCUT2D eigenvalue weighted by Crippen LogP contribution is 2.65. The monoisotopic (exact) mass is 624 g/mol. The maximum absolute atomic E-state index is 13.8. The molecule has 5 N–H and O–H groups in total. The number of hydrogen-bond donors (Lipinski definition) is 4. The molecular formula is C33H48N6O6. The number of carbonyl (C=O) groups is 6. The van der Waals surface area contributed by atoms with Crippen LogP contribution < -0.4 is 21.7 Å². The predicted octanol–water partition coefficient (Wildman–Crippen LogP) is 0.759. The number of rotatable bonds is 12. The lowest BCUT2D eigenvalue weighted by atomic mass is 9.86. The zero-order chi connectivity index (χ0) is 33.4. The summed E-state index contributed by atoms with van der Waals surface area (Å²) in [7, 11) is 3.15. The van der Waals surface area contributed by atoms with Crippen LogP contribution >= 0.6 is 0 Å². The Morgan fingerprint density at radius 2 is 1.64 bits per heavy atom. The molecule has 1 aliphatic heterocycles. The molecule has 5 amide bonds. The van der Waals surface area contributed by atoms with Crippen molar-refractivity contribution in [2.45, 2.75) is 78.0 Å². The molecule has 1 aromatic rings. The van der Waals surface area contributed by atoms with Gasteiger partial charge in [0, 0.05) is 20.6 Å². The summed E-state index contributed by atoms with van der Waals surface area (Å²) >= 11 is 0. The van der Waals surface area contributed by atoms with Gasteiger partial charge < -0.3 is 31.5 Å². The standard InChI is InChI=1S/C33H48N6O6/c1-32(2,3)27(34)31(45)39-17-20-23(33(20,4)5)25(39)28(42)36-21(15-18-13-14-18)26(41)29(43)35-16-22(40)37-24(30(44)38(6)7)19-11-9-8-10-12-19/h8-12,18,20-21,23-25,27H,13-17,34H2,1-7H3,(H,35,43)(H,36,42)(H,37,40)/t20-,21?,23?,24-,25?,27?/m0/s1. The molecule has 2 saturated carbocycles. The Labute approximate surface area is 265 Å².